The summed E-state index contributed by atoms with van der Waals surface area (Å²) in [4.78, 5) is 24.3. The van der Waals surface area contributed by atoms with Crippen LogP contribution in [0.4, 0.5) is 5.69 Å². The molecule has 8 nitrogen and oxygen atoms in total. The molecule has 10 heteroatoms. The molecule has 0 spiro atoms. The number of carbonyl (C=O) groups is 2. The van der Waals surface area contributed by atoms with Crippen LogP contribution < -0.4 is 5.32 Å². The fourth-order valence-electron chi connectivity index (χ4n) is 2.87. The Hall–Kier alpha value is -2.27. The van der Waals surface area contributed by atoms with Crippen molar-refractivity contribution < 1.29 is 27.5 Å². The second-order valence-corrected chi connectivity index (χ2v) is 9.48. The maximum Gasteiger partial charge on any atom is 0.338 e. The number of sulfonamides is 1. The number of ether oxygens (including phenoxy) is 2. The molecule has 2 aromatic carbocycles. The predicted molar refractivity (Wildman–Crippen MR) is 114 cm³/mol. The van der Waals surface area contributed by atoms with Crippen LogP contribution in [0.15, 0.2) is 51.8 Å². The molecule has 0 unspecified atom stereocenters. The Morgan fingerprint density at radius 2 is 1.80 bits per heavy atom. The zero-order chi connectivity index (χ0) is 21.7. The van der Waals surface area contributed by atoms with Crippen molar-refractivity contribution in [3.05, 3.63) is 58.1 Å². The normalized spacial score (nSPS) is 14.9. The summed E-state index contributed by atoms with van der Waals surface area (Å²) < 4.78 is 37.7. The number of anilines is 1. The van der Waals surface area contributed by atoms with E-state index in [0.717, 1.165) is 10.0 Å². The Morgan fingerprint density at radius 3 is 2.43 bits per heavy atom. The van der Waals surface area contributed by atoms with Crippen LogP contribution in [0.5, 0.6) is 0 Å². The van der Waals surface area contributed by atoms with Gasteiger partial charge < -0.3 is 14.8 Å². The van der Waals surface area contributed by atoms with Gasteiger partial charge in [0.1, 0.15) is 0 Å². The lowest BCUT2D eigenvalue weighted by Gasteiger charge is -2.26. The lowest BCUT2D eigenvalue weighted by Crippen LogP contribution is -2.40. The summed E-state index contributed by atoms with van der Waals surface area (Å²) in [7, 11) is -3.64. The average Bonchev–Trinajstić information content (AvgIpc) is 2.75. The van der Waals surface area contributed by atoms with Gasteiger partial charge >= 0.3 is 5.97 Å². The third-order valence-corrected chi connectivity index (χ3v) is 6.90. The molecule has 0 bridgehead atoms. The van der Waals surface area contributed by atoms with Crippen molar-refractivity contribution in [3.63, 3.8) is 0 Å². The van der Waals surface area contributed by atoms with E-state index in [-0.39, 0.29) is 10.5 Å². The van der Waals surface area contributed by atoms with E-state index in [1.54, 1.807) is 12.1 Å². The summed E-state index contributed by atoms with van der Waals surface area (Å²) in [5, 5.41) is 2.68. The molecule has 3 rings (SSSR count). The Labute approximate surface area is 183 Å². The van der Waals surface area contributed by atoms with Gasteiger partial charge in [-0.05, 0) is 55.0 Å². The third kappa shape index (κ3) is 5.45. The van der Waals surface area contributed by atoms with Gasteiger partial charge in [-0.15, -0.1) is 0 Å². The van der Waals surface area contributed by atoms with E-state index in [1.165, 1.54) is 28.6 Å². The summed E-state index contributed by atoms with van der Waals surface area (Å²) in [6, 6.07) is 10.8. The van der Waals surface area contributed by atoms with Crippen LogP contribution in [-0.4, -0.2) is 57.5 Å². The van der Waals surface area contributed by atoms with Crippen LogP contribution in [0, 0.1) is 6.92 Å². The summed E-state index contributed by atoms with van der Waals surface area (Å²) >= 11 is 3.35. The van der Waals surface area contributed by atoms with Crippen LogP contribution in [0.2, 0.25) is 0 Å². The zero-order valence-electron chi connectivity index (χ0n) is 16.3. The molecule has 1 heterocycles. The number of aryl methyl sites for hydroxylation is 1. The van der Waals surface area contributed by atoms with E-state index in [0.29, 0.717) is 32.0 Å². The van der Waals surface area contributed by atoms with Gasteiger partial charge in [0.15, 0.2) is 6.61 Å². The Kier molecular flexibility index (Phi) is 7.24. The first-order valence-corrected chi connectivity index (χ1v) is 11.4. The number of carbonyl (C=O) groups excluding carboxylic acids is 2. The number of rotatable bonds is 6. The van der Waals surface area contributed by atoms with Gasteiger partial charge in [-0.3, -0.25) is 4.79 Å². The predicted octanol–water partition coefficient (Wildman–Crippen LogP) is 2.57. The molecule has 1 aliphatic rings. The van der Waals surface area contributed by atoms with Gasteiger partial charge in [0.2, 0.25) is 10.0 Å². The minimum atomic E-state index is -3.64. The average molecular weight is 497 g/mol. The standard InChI is InChI=1S/C20H21BrN2O6S/c1-14-12-16(21)4-7-18(14)22-19(24)13-29-20(25)15-2-5-17(6-3-15)30(26,27)23-8-10-28-11-9-23/h2-7,12H,8-11,13H2,1H3,(H,22,24). The molecule has 1 amide bonds. The quantitative estimate of drug-likeness (QED) is 0.616. The van der Waals surface area contributed by atoms with Crippen LogP contribution in [0.1, 0.15) is 15.9 Å². The number of morpholine rings is 1. The number of benzene rings is 2. The number of hydrogen-bond donors (Lipinski definition) is 1. The molecule has 0 saturated carbocycles. The fourth-order valence-corrected chi connectivity index (χ4v) is 4.75. The highest BCUT2D eigenvalue weighted by molar-refractivity contribution is 9.10. The van der Waals surface area contributed by atoms with Gasteiger partial charge in [-0.25, -0.2) is 13.2 Å². The first-order chi connectivity index (χ1) is 14.3. The summed E-state index contributed by atoms with van der Waals surface area (Å²) in [5.74, 6) is -1.19. The van der Waals surface area contributed by atoms with Gasteiger partial charge in [0.05, 0.1) is 23.7 Å². The van der Waals surface area contributed by atoms with Crippen molar-refractivity contribution in [3.8, 4) is 0 Å². The first-order valence-electron chi connectivity index (χ1n) is 9.18. The monoisotopic (exact) mass is 496 g/mol. The van der Waals surface area contributed by atoms with Crippen molar-refractivity contribution in [1.29, 1.82) is 0 Å². The van der Waals surface area contributed by atoms with E-state index < -0.39 is 28.5 Å². The van der Waals surface area contributed by atoms with E-state index >= 15 is 0 Å². The number of nitrogens with one attached hydrogen (secondary N) is 1. The number of hydrogen-bond acceptors (Lipinski definition) is 6. The molecule has 0 atom stereocenters. The third-order valence-electron chi connectivity index (χ3n) is 4.49. The number of halogens is 1. The molecular formula is C20H21BrN2O6S. The highest BCUT2D eigenvalue weighted by Gasteiger charge is 2.26. The molecule has 160 valence electrons. The molecule has 0 radical (unpaired) electrons. The molecule has 1 fully saturated rings. The van der Waals surface area contributed by atoms with Crippen molar-refractivity contribution >= 4 is 43.5 Å². The summed E-state index contributed by atoms with van der Waals surface area (Å²) in [6.45, 7) is 2.68. The molecule has 0 aromatic heterocycles. The highest BCUT2D eigenvalue weighted by atomic mass is 79.9. The maximum atomic E-state index is 12.6. The van der Waals surface area contributed by atoms with Crippen LogP contribution in [0.3, 0.4) is 0 Å². The molecule has 0 aliphatic carbocycles. The Bertz CT molecular complexity index is 1030. The zero-order valence-corrected chi connectivity index (χ0v) is 18.7. The summed E-state index contributed by atoms with van der Waals surface area (Å²) in [6.07, 6.45) is 0. The molecule has 1 aliphatic heterocycles. The minimum Gasteiger partial charge on any atom is -0.452 e. The van der Waals surface area contributed by atoms with Crippen LogP contribution in [0.25, 0.3) is 0 Å². The SMILES string of the molecule is Cc1cc(Br)ccc1NC(=O)COC(=O)c1ccc(S(=O)(=O)N2CCOCC2)cc1. The van der Waals surface area contributed by atoms with Crippen LogP contribution >= 0.6 is 15.9 Å². The number of esters is 1. The molecular weight excluding hydrogens is 476 g/mol. The topological polar surface area (TPSA) is 102 Å². The first kappa shape index (κ1) is 22.4. The molecule has 1 N–H and O–H groups in total. The summed E-state index contributed by atoms with van der Waals surface area (Å²) in [5.41, 5.74) is 1.64. The fraction of sp³-hybridized carbons (Fsp3) is 0.300. The van der Waals surface area contributed by atoms with Gasteiger partial charge in [0, 0.05) is 23.2 Å². The molecule has 30 heavy (non-hydrogen) atoms. The van der Waals surface area contributed by atoms with Crippen molar-refractivity contribution in [2.45, 2.75) is 11.8 Å². The molecule has 2 aromatic rings. The Balaban J connectivity index is 1.57. The van der Waals surface area contributed by atoms with E-state index in [1.807, 2.05) is 13.0 Å². The van der Waals surface area contributed by atoms with E-state index in [4.69, 9.17) is 9.47 Å². The molecule has 1 saturated heterocycles. The second-order valence-electron chi connectivity index (χ2n) is 6.62. The van der Waals surface area contributed by atoms with Crippen LogP contribution in [-0.2, 0) is 24.3 Å². The Morgan fingerprint density at radius 1 is 1.13 bits per heavy atom. The highest BCUT2D eigenvalue weighted by Crippen LogP contribution is 2.20. The van der Waals surface area contributed by atoms with E-state index in [9.17, 15) is 18.0 Å². The van der Waals surface area contributed by atoms with Gasteiger partial charge in [0.25, 0.3) is 5.91 Å². The largest absolute Gasteiger partial charge is 0.452 e. The van der Waals surface area contributed by atoms with Crippen molar-refractivity contribution in [2.24, 2.45) is 0 Å². The maximum absolute atomic E-state index is 12.6. The van der Waals surface area contributed by atoms with Crippen molar-refractivity contribution in [1.82, 2.24) is 4.31 Å². The van der Waals surface area contributed by atoms with Crippen molar-refractivity contribution in [2.75, 3.05) is 38.2 Å². The lowest BCUT2D eigenvalue weighted by molar-refractivity contribution is -0.119. The minimum absolute atomic E-state index is 0.0874. The number of amides is 1. The van der Waals surface area contributed by atoms with Gasteiger partial charge in [-0.2, -0.15) is 4.31 Å². The second kappa shape index (κ2) is 9.69. The van der Waals surface area contributed by atoms with E-state index in [2.05, 4.69) is 21.2 Å². The number of nitrogens with zero attached hydrogens (tertiary/aromatic N) is 1. The smallest absolute Gasteiger partial charge is 0.338 e. The lowest BCUT2D eigenvalue weighted by atomic mass is 10.2. The van der Waals surface area contributed by atoms with Gasteiger partial charge in [-0.1, -0.05) is 15.9 Å².